The largest absolute Gasteiger partial charge is 0.491 e. The highest BCUT2D eigenvalue weighted by molar-refractivity contribution is 7.80. The van der Waals surface area contributed by atoms with Gasteiger partial charge in [0, 0.05) is 18.4 Å². The van der Waals surface area contributed by atoms with E-state index in [9.17, 15) is 4.79 Å². The zero-order valence-electron chi connectivity index (χ0n) is 11.6. The maximum atomic E-state index is 12.1. The van der Waals surface area contributed by atoms with Crippen LogP contribution < -0.4 is 16.2 Å². The van der Waals surface area contributed by atoms with Crippen molar-refractivity contribution < 1.29 is 4.74 Å². The first-order chi connectivity index (χ1) is 10.2. The standard InChI is InChI=1S/C15H17N3O2S/c16-14(21)12-3-1-2-4-13(12)20-10-9-17-7-8-18(15(17)19)11-5-6-11/h1-4,7-8,11H,5-6,9-10H2,(H2,16,21). The molecule has 1 aromatic carbocycles. The summed E-state index contributed by atoms with van der Waals surface area (Å²) in [5.41, 5.74) is 6.41. The minimum atomic E-state index is 0.0312. The average molecular weight is 303 g/mol. The van der Waals surface area contributed by atoms with Crippen LogP contribution >= 0.6 is 12.2 Å². The molecule has 110 valence electrons. The van der Waals surface area contributed by atoms with E-state index in [0.29, 0.717) is 29.9 Å². The number of rotatable bonds is 6. The van der Waals surface area contributed by atoms with Crippen LogP contribution in [0.15, 0.2) is 41.5 Å². The van der Waals surface area contributed by atoms with Crippen molar-refractivity contribution >= 4 is 17.2 Å². The number of nitrogens with two attached hydrogens (primary N) is 1. The summed E-state index contributed by atoms with van der Waals surface area (Å²) in [5, 5.41) is 0. The molecule has 0 aliphatic heterocycles. The number of imidazole rings is 1. The van der Waals surface area contributed by atoms with Crippen molar-refractivity contribution in [3.8, 4) is 5.75 Å². The Morgan fingerprint density at radius 1 is 1.33 bits per heavy atom. The Hall–Kier alpha value is -2.08. The van der Waals surface area contributed by atoms with Crippen molar-refractivity contribution in [2.75, 3.05) is 6.61 Å². The third-order valence-corrected chi connectivity index (χ3v) is 3.78. The number of thiocarbonyl (C=S) groups is 1. The second-order valence-electron chi connectivity index (χ2n) is 5.12. The van der Waals surface area contributed by atoms with Gasteiger partial charge in [-0.1, -0.05) is 24.4 Å². The lowest BCUT2D eigenvalue weighted by Gasteiger charge is -2.10. The zero-order valence-corrected chi connectivity index (χ0v) is 12.4. The Morgan fingerprint density at radius 3 is 2.81 bits per heavy atom. The number of benzene rings is 1. The van der Waals surface area contributed by atoms with Crippen molar-refractivity contribution in [1.82, 2.24) is 9.13 Å². The van der Waals surface area contributed by atoms with Crippen LogP contribution in [0.2, 0.25) is 0 Å². The first-order valence-electron chi connectivity index (χ1n) is 6.95. The average Bonchev–Trinajstić information content (AvgIpc) is 3.25. The topological polar surface area (TPSA) is 62.2 Å². The van der Waals surface area contributed by atoms with Crippen LogP contribution in [0.1, 0.15) is 24.4 Å². The van der Waals surface area contributed by atoms with Gasteiger partial charge >= 0.3 is 5.69 Å². The molecular weight excluding hydrogens is 286 g/mol. The highest BCUT2D eigenvalue weighted by Crippen LogP contribution is 2.33. The van der Waals surface area contributed by atoms with Crippen LogP contribution in [0, 0.1) is 0 Å². The maximum absolute atomic E-state index is 12.1. The molecule has 1 aliphatic rings. The summed E-state index contributed by atoms with van der Waals surface area (Å²) in [5.74, 6) is 0.652. The first-order valence-corrected chi connectivity index (χ1v) is 7.36. The zero-order chi connectivity index (χ0) is 14.8. The number of nitrogens with zero attached hydrogens (tertiary/aromatic N) is 2. The fourth-order valence-electron chi connectivity index (χ4n) is 2.28. The van der Waals surface area contributed by atoms with Crippen LogP contribution in [-0.4, -0.2) is 20.7 Å². The molecule has 2 aromatic rings. The highest BCUT2D eigenvalue weighted by Gasteiger charge is 2.25. The van der Waals surface area contributed by atoms with Gasteiger partial charge in [-0.2, -0.15) is 0 Å². The van der Waals surface area contributed by atoms with Crippen LogP contribution in [0.5, 0.6) is 5.75 Å². The molecule has 2 N–H and O–H groups in total. The van der Waals surface area contributed by atoms with Crippen LogP contribution in [-0.2, 0) is 6.54 Å². The summed E-state index contributed by atoms with van der Waals surface area (Å²) in [6.07, 6.45) is 5.86. The van der Waals surface area contributed by atoms with Gasteiger partial charge in [0.2, 0.25) is 0 Å². The van der Waals surface area contributed by atoms with E-state index in [0.717, 1.165) is 18.4 Å². The SMILES string of the molecule is NC(=S)c1ccccc1OCCn1ccn(C2CC2)c1=O. The molecule has 0 unspecified atom stereocenters. The second-order valence-corrected chi connectivity index (χ2v) is 5.56. The first kappa shape index (κ1) is 13.9. The molecule has 0 saturated heterocycles. The lowest BCUT2D eigenvalue weighted by atomic mass is 10.2. The Morgan fingerprint density at radius 2 is 2.10 bits per heavy atom. The number of hydrogen-bond donors (Lipinski definition) is 1. The molecule has 1 aliphatic carbocycles. The molecule has 0 amide bonds. The summed E-state index contributed by atoms with van der Waals surface area (Å²) in [4.78, 5) is 12.4. The van der Waals surface area contributed by atoms with Gasteiger partial charge in [0.05, 0.1) is 12.1 Å². The van der Waals surface area contributed by atoms with Crippen LogP contribution in [0.4, 0.5) is 0 Å². The quantitative estimate of drug-likeness (QED) is 0.825. The van der Waals surface area contributed by atoms with Gasteiger partial charge in [-0.25, -0.2) is 4.79 Å². The van der Waals surface area contributed by atoms with E-state index in [-0.39, 0.29) is 5.69 Å². The molecule has 0 bridgehead atoms. The number of aromatic nitrogens is 2. The minimum Gasteiger partial charge on any atom is -0.491 e. The van der Waals surface area contributed by atoms with Crippen molar-refractivity contribution in [2.24, 2.45) is 5.73 Å². The second kappa shape index (κ2) is 5.73. The van der Waals surface area contributed by atoms with E-state index < -0.39 is 0 Å². The normalized spacial score (nSPS) is 14.1. The van der Waals surface area contributed by atoms with Crippen molar-refractivity contribution in [3.63, 3.8) is 0 Å². The summed E-state index contributed by atoms with van der Waals surface area (Å²) < 4.78 is 9.17. The van der Waals surface area contributed by atoms with Gasteiger partial charge in [0.1, 0.15) is 17.3 Å². The molecule has 0 spiro atoms. The van der Waals surface area contributed by atoms with E-state index in [2.05, 4.69) is 0 Å². The van der Waals surface area contributed by atoms with Crippen molar-refractivity contribution in [3.05, 3.63) is 52.7 Å². The molecule has 6 heteroatoms. The Balaban J connectivity index is 1.64. The Bertz CT molecular complexity index is 716. The predicted molar refractivity (Wildman–Crippen MR) is 84.8 cm³/mol. The lowest BCUT2D eigenvalue weighted by molar-refractivity contribution is 0.295. The minimum absolute atomic E-state index is 0.0312. The molecule has 3 rings (SSSR count). The molecule has 0 atom stereocenters. The molecule has 1 fully saturated rings. The van der Waals surface area contributed by atoms with Gasteiger partial charge in [-0.15, -0.1) is 0 Å². The molecule has 1 heterocycles. The third-order valence-electron chi connectivity index (χ3n) is 3.56. The third kappa shape index (κ3) is 3.00. The fourth-order valence-corrected chi connectivity index (χ4v) is 2.45. The lowest BCUT2D eigenvalue weighted by Crippen LogP contribution is -2.25. The summed E-state index contributed by atoms with van der Waals surface area (Å²) in [7, 11) is 0. The summed E-state index contributed by atoms with van der Waals surface area (Å²) >= 11 is 4.99. The van der Waals surface area contributed by atoms with Crippen molar-refractivity contribution in [1.29, 1.82) is 0 Å². The molecule has 1 saturated carbocycles. The molecule has 21 heavy (non-hydrogen) atoms. The van der Waals surface area contributed by atoms with Gasteiger partial charge in [-0.3, -0.25) is 9.13 Å². The smallest absolute Gasteiger partial charge is 0.328 e. The summed E-state index contributed by atoms with van der Waals surface area (Å²) in [6.45, 7) is 0.901. The summed E-state index contributed by atoms with van der Waals surface area (Å²) in [6, 6.07) is 7.78. The predicted octanol–water partition coefficient (Wildman–Crippen LogP) is 1.70. The van der Waals surface area contributed by atoms with Gasteiger partial charge in [-0.05, 0) is 25.0 Å². The monoisotopic (exact) mass is 303 g/mol. The fraction of sp³-hybridized carbons (Fsp3) is 0.333. The van der Waals surface area contributed by atoms with E-state index in [4.69, 9.17) is 22.7 Å². The van der Waals surface area contributed by atoms with Gasteiger partial charge < -0.3 is 10.5 Å². The van der Waals surface area contributed by atoms with Crippen LogP contribution in [0.25, 0.3) is 0 Å². The number of hydrogen-bond acceptors (Lipinski definition) is 3. The van der Waals surface area contributed by atoms with Gasteiger partial charge in [0.25, 0.3) is 0 Å². The molecule has 1 aromatic heterocycles. The number of ether oxygens (including phenoxy) is 1. The molecule has 0 radical (unpaired) electrons. The van der Waals surface area contributed by atoms with E-state index in [1.54, 1.807) is 9.13 Å². The van der Waals surface area contributed by atoms with Gasteiger partial charge in [0.15, 0.2) is 0 Å². The van der Waals surface area contributed by atoms with E-state index >= 15 is 0 Å². The van der Waals surface area contributed by atoms with E-state index in [1.165, 1.54) is 0 Å². The van der Waals surface area contributed by atoms with Crippen molar-refractivity contribution in [2.45, 2.75) is 25.4 Å². The highest BCUT2D eigenvalue weighted by atomic mass is 32.1. The van der Waals surface area contributed by atoms with Crippen LogP contribution in [0.3, 0.4) is 0 Å². The number of para-hydroxylation sites is 1. The molecular formula is C15H17N3O2S. The Labute approximate surface area is 127 Å². The Kier molecular flexibility index (Phi) is 3.79. The maximum Gasteiger partial charge on any atom is 0.328 e. The molecule has 5 nitrogen and oxygen atoms in total. The van der Waals surface area contributed by atoms with E-state index in [1.807, 2.05) is 36.7 Å².